The maximum Gasteiger partial charge on any atom is 0.250 e. The molecular weight excluding hydrogens is 298 g/mol. The summed E-state index contributed by atoms with van der Waals surface area (Å²) in [5.41, 5.74) is 1.80. The second-order valence-corrected chi connectivity index (χ2v) is 5.30. The Labute approximate surface area is 99.7 Å². The van der Waals surface area contributed by atoms with E-state index in [0.29, 0.717) is 5.33 Å². The summed E-state index contributed by atoms with van der Waals surface area (Å²) in [5, 5.41) is 0.620. The maximum absolute atomic E-state index is 5.63. The van der Waals surface area contributed by atoms with Crippen molar-refractivity contribution in [1.29, 1.82) is 0 Å². The van der Waals surface area contributed by atoms with Crippen molar-refractivity contribution in [2.45, 2.75) is 16.0 Å². The van der Waals surface area contributed by atoms with Crippen LogP contribution in [0.25, 0.3) is 0 Å². The van der Waals surface area contributed by atoms with Crippen molar-refractivity contribution in [3.05, 3.63) is 23.3 Å². The summed E-state index contributed by atoms with van der Waals surface area (Å²) in [6, 6.07) is 0. The van der Waals surface area contributed by atoms with Crippen LogP contribution in [0.5, 0.6) is 0 Å². The molecule has 13 heavy (non-hydrogen) atoms. The summed E-state index contributed by atoms with van der Waals surface area (Å²) >= 11 is 20.2. The summed E-state index contributed by atoms with van der Waals surface area (Å²) in [6.07, 6.45) is 1.64. The second-order valence-electron chi connectivity index (χ2n) is 2.45. The molecule has 1 aromatic heterocycles. The molecule has 0 unspecified atom stereocenters. The molecule has 0 radical (unpaired) electrons. The van der Waals surface area contributed by atoms with Crippen molar-refractivity contribution in [2.24, 2.45) is 0 Å². The van der Waals surface area contributed by atoms with Gasteiger partial charge < -0.3 is 0 Å². The monoisotopic (exact) mass is 302 g/mol. The smallest absolute Gasteiger partial charge is 0.237 e. The number of hydrogen-bond acceptors (Lipinski definition) is 2. The molecule has 0 atom stereocenters. The van der Waals surface area contributed by atoms with Gasteiger partial charge in [0.25, 0.3) is 0 Å². The van der Waals surface area contributed by atoms with E-state index in [1.807, 2.05) is 6.92 Å². The predicted octanol–water partition coefficient (Wildman–Crippen LogP) is 3.51. The van der Waals surface area contributed by atoms with Gasteiger partial charge in [0.2, 0.25) is 3.79 Å². The van der Waals surface area contributed by atoms with Gasteiger partial charge >= 0.3 is 0 Å². The van der Waals surface area contributed by atoms with Gasteiger partial charge in [-0.25, -0.2) is 9.97 Å². The minimum atomic E-state index is -1.55. The quantitative estimate of drug-likeness (QED) is 0.742. The Kier molecular flexibility index (Phi) is 3.81. The van der Waals surface area contributed by atoms with Gasteiger partial charge in [-0.3, -0.25) is 0 Å². The molecule has 1 aromatic rings. The van der Waals surface area contributed by atoms with E-state index in [9.17, 15) is 0 Å². The molecular formula is C7H6BrCl3N2. The molecule has 0 fully saturated rings. The summed E-state index contributed by atoms with van der Waals surface area (Å²) < 4.78 is -1.55. The zero-order valence-electron chi connectivity index (χ0n) is 6.69. The normalized spacial score (nSPS) is 11.8. The SMILES string of the molecule is Cc1cnc(C(Cl)(Cl)Cl)nc1CBr. The summed E-state index contributed by atoms with van der Waals surface area (Å²) in [7, 11) is 0. The molecule has 0 aliphatic carbocycles. The number of halogens is 4. The van der Waals surface area contributed by atoms with Crippen molar-refractivity contribution < 1.29 is 0 Å². The van der Waals surface area contributed by atoms with Gasteiger partial charge in [-0.15, -0.1) is 0 Å². The molecule has 1 rings (SSSR count). The Morgan fingerprint density at radius 3 is 2.54 bits per heavy atom. The molecule has 0 aromatic carbocycles. The van der Waals surface area contributed by atoms with E-state index in [1.165, 1.54) is 0 Å². The fourth-order valence-electron chi connectivity index (χ4n) is 0.749. The van der Waals surface area contributed by atoms with E-state index >= 15 is 0 Å². The minimum absolute atomic E-state index is 0.206. The van der Waals surface area contributed by atoms with Gasteiger partial charge in [0.05, 0.1) is 5.69 Å². The zero-order valence-corrected chi connectivity index (χ0v) is 10.5. The van der Waals surface area contributed by atoms with Crippen LogP contribution in [0.2, 0.25) is 0 Å². The van der Waals surface area contributed by atoms with Gasteiger partial charge in [-0.2, -0.15) is 0 Å². The van der Waals surface area contributed by atoms with Gasteiger partial charge in [-0.1, -0.05) is 50.7 Å². The lowest BCUT2D eigenvalue weighted by Crippen LogP contribution is -2.09. The van der Waals surface area contributed by atoms with Crippen LogP contribution in [0, 0.1) is 6.92 Å². The molecule has 0 saturated heterocycles. The topological polar surface area (TPSA) is 25.8 Å². The number of hydrogen-bond donors (Lipinski definition) is 0. The van der Waals surface area contributed by atoms with Gasteiger partial charge in [0, 0.05) is 11.5 Å². The third-order valence-electron chi connectivity index (χ3n) is 1.46. The maximum atomic E-state index is 5.63. The lowest BCUT2D eigenvalue weighted by atomic mass is 10.3. The molecule has 0 aliphatic rings. The molecule has 0 aliphatic heterocycles. The lowest BCUT2D eigenvalue weighted by molar-refractivity contribution is 0.922. The van der Waals surface area contributed by atoms with Crippen LogP contribution in [-0.4, -0.2) is 9.97 Å². The molecule has 0 bridgehead atoms. The van der Waals surface area contributed by atoms with E-state index in [2.05, 4.69) is 25.9 Å². The first kappa shape index (κ1) is 11.5. The van der Waals surface area contributed by atoms with Crippen molar-refractivity contribution >= 4 is 50.7 Å². The molecule has 0 N–H and O–H groups in total. The molecule has 1 heterocycles. The summed E-state index contributed by atoms with van der Waals surface area (Å²) in [4.78, 5) is 8.04. The fourth-order valence-corrected chi connectivity index (χ4v) is 1.59. The van der Waals surface area contributed by atoms with Crippen LogP contribution in [0.3, 0.4) is 0 Å². The Morgan fingerprint density at radius 2 is 2.08 bits per heavy atom. The second kappa shape index (κ2) is 4.30. The molecule has 0 saturated carbocycles. The Balaban J connectivity index is 3.14. The lowest BCUT2D eigenvalue weighted by Gasteiger charge is -2.10. The first-order valence-electron chi connectivity index (χ1n) is 3.41. The van der Waals surface area contributed by atoms with Crippen LogP contribution in [0.1, 0.15) is 17.1 Å². The van der Waals surface area contributed by atoms with E-state index < -0.39 is 3.79 Å². The molecule has 72 valence electrons. The molecule has 2 nitrogen and oxygen atoms in total. The average molecular weight is 304 g/mol. The van der Waals surface area contributed by atoms with Gasteiger partial charge in [0.15, 0.2) is 5.82 Å². The van der Waals surface area contributed by atoms with Crippen LogP contribution >= 0.6 is 50.7 Å². The van der Waals surface area contributed by atoms with Crippen molar-refractivity contribution in [3.63, 3.8) is 0 Å². The van der Waals surface area contributed by atoms with E-state index in [4.69, 9.17) is 34.8 Å². The van der Waals surface area contributed by atoms with Crippen LogP contribution in [0.4, 0.5) is 0 Å². The van der Waals surface area contributed by atoms with Crippen molar-refractivity contribution in [1.82, 2.24) is 9.97 Å². The first-order valence-corrected chi connectivity index (χ1v) is 5.66. The summed E-state index contributed by atoms with van der Waals surface area (Å²) in [5.74, 6) is 0.206. The van der Waals surface area contributed by atoms with Crippen LogP contribution in [-0.2, 0) is 9.12 Å². The molecule has 6 heteroatoms. The molecule has 0 amide bonds. The standard InChI is InChI=1S/C7H6BrCl3N2/c1-4-3-12-6(7(9,10)11)13-5(4)2-8/h3H,2H2,1H3. The highest BCUT2D eigenvalue weighted by Crippen LogP contribution is 2.35. The van der Waals surface area contributed by atoms with Crippen LogP contribution in [0.15, 0.2) is 6.20 Å². The largest absolute Gasteiger partial charge is 0.250 e. The van der Waals surface area contributed by atoms with Crippen LogP contribution < -0.4 is 0 Å². The third kappa shape index (κ3) is 2.94. The zero-order chi connectivity index (χ0) is 10.1. The third-order valence-corrected chi connectivity index (χ3v) is 2.49. The number of aromatic nitrogens is 2. The highest BCUT2D eigenvalue weighted by atomic mass is 79.9. The van der Waals surface area contributed by atoms with Gasteiger partial charge in [0.1, 0.15) is 0 Å². The number of aryl methyl sites for hydroxylation is 1. The first-order chi connectivity index (χ1) is 5.95. The van der Waals surface area contributed by atoms with Crippen molar-refractivity contribution in [2.75, 3.05) is 0 Å². The van der Waals surface area contributed by atoms with E-state index in [1.54, 1.807) is 6.20 Å². The Hall–Kier alpha value is 0.430. The average Bonchev–Trinajstić information content (AvgIpc) is 2.03. The Morgan fingerprint density at radius 1 is 1.46 bits per heavy atom. The molecule has 0 spiro atoms. The number of alkyl halides is 4. The van der Waals surface area contributed by atoms with Gasteiger partial charge in [-0.05, 0) is 12.5 Å². The summed E-state index contributed by atoms with van der Waals surface area (Å²) in [6.45, 7) is 1.90. The minimum Gasteiger partial charge on any atom is -0.237 e. The number of rotatable bonds is 1. The Bertz CT molecular complexity index is 311. The highest BCUT2D eigenvalue weighted by Gasteiger charge is 2.26. The van der Waals surface area contributed by atoms with E-state index in [-0.39, 0.29) is 5.82 Å². The van der Waals surface area contributed by atoms with E-state index in [0.717, 1.165) is 11.3 Å². The fraction of sp³-hybridized carbons (Fsp3) is 0.429. The highest BCUT2D eigenvalue weighted by molar-refractivity contribution is 9.08. The number of nitrogens with zero attached hydrogens (tertiary/aromatic N) is 2. The van der Waals surface area contributed by atoms with Crippen molar-refractivity contribution in [3.8, 4) is 0 Å². The predicted molar refractivity (Wildman–Crippen MR) is 58.6 cm³/mol.